The van der Waals surface area contributed by atoms with E-state index in [2.05, 4.69) is 99.0 Å². The van der Waals surface area contributed by atoms with Crippen molar-refractivity contribution in [3.8, 4) is 0 Å². The number of hydrogen-bond donors (Lipinski definition) is 6. The average molecular weight is 1220 g/mol. The van der Waals surface area contributed by atoms with Gasteiger partial charge in [-0.15, -0.1) is 0 Å². The number of esters is 1. The van der Waals surface area contributed by atoms with Crippen LogP contribution in [-0.2, 0) is 23.8 Å². The van der Waals surface area contributed by atoms with Crippen LogP contribution in [0.25, 0.3) is 0 Å². The summed E-state index contributed by atoms with van der Waals surface area (Å²) in [5, 5.41) is 57.3. The fourth-order valence-electron chi connectivity index (χ4n) is 11.0. The topological polar surface area (TPSA) is 175 Å². The Labute approximate surface area is 533 Å². The molecular formula is C76H135NO10. The maximum Gasteiger partial charge on any atom is 0.306 e. The van der Waals surface area contributed by atoms with E-state index in [9.17, 15) is 35.1 Å². The molecular weight excluding hydrogens is 1090 g/mol. The van der Waals surface area contributed by atoms with Crippen molar-refractivity contribution in [3.05, 3.63) is 85.1 Å². The van der Waals surface area contributed by atoms with Crippen molar-refractivity contribution in [2.24, 2.45) is 0 Å². The van der Waals surface area contributed by atoms with Crippen LogP contribution in [0.1, 0.15) is 323 Å². The monoisotopic (exact) mass is 1220 g/mol. The number of amides is 1. The summed E-state index contributed by atoms with van der Waals surface area (Å²) in [6.45, 7) is 5.76. The number of nitrogens with one attached hydrogen (secondary N) is 1. The molecule has 8 unspecified atom stereocenters. The van der Waals surface area contributed by atoms with Crippen molar-refractivity contribution >= 4 is 11.9 Å². The van der Waals surface area contributed by atoms with Crippen LogP contribution in [0.2, 0.25) is 0 Å². The fraction of sp³-hybridized carbons (Fsp3) is 0.789. The molecule has 11 heteroatoms. The lowest BCUT2D eigenvalue weighted by atomic mass is 9.99. The van der Waals surface area contributed by atoms with E-state index in [1.54, 1.807) is 6.08 Å². The third kappa shape index (κ3) is 50.2. The van der Waals surface area contributed by atoms with Crippen LogP contribution >= 0.6 is 0 Å². The van der Waals surface area contributed by atoms with Gasteiger partial charge in [-0.25, -0.2) is 0 Å². The number of aliphatic hydroxyl groups excluding tert-OH is 5. The number of hydrogen-bond acceptors (Lipinski definition) is 10. The van der Waals surface area contributed by atoms with E-state index in [1.165, 1.54) is 173 Å². The number of ether oxygens (including phenoxy) is 3. The third-order valence-electron chi connectivity index (χ3n) is 16.8. The van der Waals surface area contributed by atoms with Crippen LogP contribution in [0.4, 0.5) is 0 Å². The number of unbranched alkanes of at least 4 members (excludes halogenated alkanes) is 36. The maximum absolute atomic E-state index is 13.5. The summed E-state index contributed by atoms with van der Waals surface area (Å²) in [7, 11) is 0. The summed E-state index contributed by atoms with van der Waals surface area (Å²) in [5.41, 5.74) is 0. The number of rotatable bonds is 62. The van der Waals surface area contributed by atoms with E-state index >= 15 is 0 Å². The first-order valence-electron chi connectivity index (χ1n) is 36.4. The zero-order valence-corrected chi connectivity index (χ0v) is 56.1. The molecule has 0 spiro atoms. The minimum atomic E-state index is -1.62. The van der Waals surface area contributed by atoms with Crippen LogP contribution in [0.3, 0.4) is 0 Å². The molecule has 1 heterocycles. The lowest BCUT2D eigenvalue weighted by Crippen LogP contribution is -2.61. The molecule has 504 valence electrons. The molecule has 6 N–H and O–H groups in total. The SMILES string of the molecule is CCCCC/C=C\C/C=C\C/C=C\CCCCCCCCCCCCCCCC(O)C(=O)NC(COC1OC(CO)C(O)C(O)C1OC(=O)CCCCCCCC/C=C\C/C=C\C/C=C\CCCCC)C(O)/C=C/CCCCCCCCCCCCC. The van der Waals surface area contributed by atoms with Crippen molar-refractivity contribution in [2.75, 3.05) is 13.2 Å². The highest BCUT2D eigenvalue weighted by Crippen LogP contribution is 2.26. The summed E-state index contributed by atoms with van der Waals surface area (Å²) < 4.78 is 17.7. The van der Waals surface area contributed by atoms with Crippen LogP contribution < -0.4 is 5.32 Å². The van der Waals surface area contributed by atoms with Gasteiger partial charge in [-0.3, -0.25) is 9.59 Å². The van der Waals surface area contributed by atoms with E-state index in [0.717, 1.165) is 103 Å². The van der Waals surface area contributed by atoms with Crippen LogP contribution in [-0.4, -0.2) is 99.6 Å². The molecule has 87 heavy (non-hydrogen) atoms. The van der Waals surface area contributed by atoms with E-state index in [4.69, 9.17) is 14.2 Å². The smallest absolute Gasteiger partial charge is 0.306 e. The van der Waals surface area contributed by atoms with Gasteiger partial charge < -0.3 is 45.1 Å². The Balaban J connectivity index is 2.58. The highest BCUT2D eigenvalue weighted by Gasteiger charge is 2.47. The van der Waals surface area contributed by atoms with Gasteiger partial charge in [0.1, 0.15) is 24.4 Å². The maximum atomic E-state index is 13.5. The van der Waals surface area contributed by atoms with Gasteiger partial charge in [-0.1, -0.05) is 298 Å². The van der Waals surface area contributed by atoms with Gasteiger partial charge in [-0.2, -0.15) is 0 Å². The molecule has 0 radical (unpaired) electrons. The molecule has 1 aliphatic rings. The molecule has 1 saturated heterocycles. The van der Waals surface area contributed by atoms with Crippen molar-refractivity contribution < 1.29 is 49.3 Å². The largest absolute Gasteiger partial charge is 0.454 e. The minimum Gasteiger partial charge on any atom is -0.454 e. The first-order chi connectivity index (χ1) is 42.7. The van der Waals surface area contributed by atoms with Gasteiger partial charge in [0, 0.05) is 6.42 Å². The van der Waals surface area contributed by atoms with Gasteiger partial charge >= 0.3 is 5.97 Å². The molecule has 0 aliphatic carbocycles. The molecule has 0 aromatic rings. The minimum absolute atomic E-state index is 0.107. The second-order valence-electron chi connectivity index (χ2n) is 25.0. The summed E-state index contributed by atoms with van der Waals surface area (Å²) >= 11 is 0. The lowest BCUT2D eigenvalue weighted by molar-refractivity contribution is -0.305. The Hall–Kier alpha value is -3.16. The third-order valence-corrected chi connectivity index (χ3v) is 16.8. The van der Waals surface area contributed by atoms with Crippen LogP contribution in [0, 0.1) is 0 Å². The molecule has 1 fully saturated rings. The van der Waals surface area contributed by atoms with Crippen molar-refractivity contribution in [3.63, 3.8) is 0 Å². The molecule has 0 aromatic heterocycles. The van der Waals surface area contributed by atoms with E-state index < -0.39 is 67.4 Å². The summed E-state index contributed by atoms with van der Waals surface area (Å²) in [6, 6.07) is -1.03. The highest BCUT2D eigenvalue weighted by atomic mass is 16.7. The molecule has 11 nitrogen and oxygen atoms in total. The molecule has 0 saturated carbocycles. The Bertz CT molecular complexity index is 1740. The summed E-state index contributed by atoms with van der Waals surface area (Å²) in [6.07, 6.45) is 73.3. The quantitative estimate of drug-likeness (QED) is 0.0195. The molecule has 1 aliphatic heterocycles. The zero-order chi connectivity index (χ0) is 63.1. The molecule has 1 amide bonds. The van der Waals surface area contributed by atoms with Gasteiger partial charge in [-0.05, 0) is 103 Å². The second-order valence-corrected chi connectivity index (χ2v) is 25.0. The standard InChI is InChI=1S/C76H135NO10/c1-4-7-10-13-16-19-22-25-27-29-31-32-33-34-35-36-37-39-40-42-45-48-51-54-57-60-63-69(80)75(84)77-67(68(79)62-59-56-53-50-47-44-24-21-18-15-12-9-6-3)66-85-76-74(73(83)72(82)70(65-78)86-76)87-71(81)64-61-58-55-52-49-46-43-41-38-30-28-26-23-20-17-14-11-8-5-2/h16-17,19-20,25-28,31-32,38,41,59,62,67-70,72-74,76,78-80,82-83H,4-15,18,21-24,29-30,33-37,39-40,42-58,60-61,63-66H2,1-3H3,(H,77,84)/b19-16-,20-17-,27-25-,28-26-,32-31-,41-38-,62-59+. The molecule has 1 rings (SSSR count). The van der Waals surface area contributed by atoms with Gasteiger partial charge in [0.2, 0.25) is 5.91 Å². The van der Waals surface area contributed by atoms with Gasteiger partial charge in [0.05, 0.1) is 25.4 Å². The highest BCUT2D eigenvalue weighted by molar-refractivity contribution is 5.80. The van der Waals surface area contributed by atoms with Crippen molar-refractivity contribution in [1.29, 1.82) is 0 Å². The predicted octanol–water partition coefficient (Wildman–Crippen LogP) is 18.8. The Morgan fingerprint density at radius 3 is 1.21 bits per heavy atom. The predicted molar refractivity (Wildman–Crippen MR) is 366 cm³/mol. The zero-order valence-electron chi connectivity index (χ0n) is 56.1. The average Bonchev–Trinajstić information content (AvgIpc) is 1.52. The van der Waals surface area contributed by atoms with E-state index in [0.29, 0.717) is 12.8 Å². The normalized spacial score (nSPS) is 18.7. The Morgan fingerprint density at radius 2 is 0.793 bits per heavy atom. The van der Waals surface area contributed by atoms with Crippen LogP contribution in [0.15, 0.2) is 85.1 Å². The number of aliphatic hydroxyl groups is 5. The van der Waals surface area contributed by atoms with Crippen LogP contribution in [0.5, 0.6) is 0 Å². The molecule has 0 bridgehead atoms. The van der Waals surface area contributed by atoms with E-state index in [1.807, 2.05) is 6.08 Å². The second kappa shape index (κ2) is 63.0. The number of carbonyl (C=O) groups is 2. The first-order valence-corrected chi connectivity index (χ1v) is 36.4. The van der Waals surface area contributed by atoms with Gasteiger partial charge in [0.15, 0.2) is 12.4 Å². The first kappa shape index (κ1) is 81.9. The number of carbonyl (C=O) groups excluding carboxylic acids is 2. The Morgan fingerprint density at radius 1 is 0.448 bits per heavy atom. The summed E-state index contributed by atoms with van der Waals surface area (Å²) in [5.74, 6) is -1.20. The van der Waals surface area contributed by atoms with Gasteiger partial charge in [0.25, 0.3) is 0 Å². The molecule has 0 aromatic carbocycles. The van der Waals surface area contributed by atoms with Crippen molar-refractivity contribution in [1.82, 2.24) is 5.32 Å². The molecule has 8 atom stereocenters. The lowest BCUT2D eigenvalue weighted by Gasteiger charge is -2.41. The Kier molecular flexibility index (Phi) is 59.3. The van der Waals surface area contributed by atoms with Crippen molar-refractivity contribution in [2.45, 2.75) is 372 Å². The number of allylic oxidation sites excluding steroid dienone is 13. The summed E-state index contributed by atoms with van der Waals surface area (Å²) in [4.78, 5) is 26.7. The van der Waals surface area contributed by atoms with E-state index in [-0.39, 0.29) is 19.4 Å². The fourth-order valence-corrected chi connectivity index (χ4v) is 11.0.